The van der Waals surface area contributed by atoms with Gasteiger partial charge in [-0.1, -0.05) is 34.1 Å². The smallest absolute Gasteiger partial charge is 0.311 e. The molecular formula is C16H28O3. The molecule has 1 saturated carbocycles. The van der Waals surface area contributed by atoms with Crippen molar-refractivity contribution in [2.45, 2.75) is 66.8 Å². The number of esters is 1. The van der Waals surface area contributed by atoms with Gasteiger partial charge in [0.15, 0.2) is 0 Å². The Morgan fingerprint density at radius 2 is 1.89 bits per heavy atom. The highest BCUT2D eigenvalue weighted by molar-refractivity contribution is 5.73. The molecule has 2 rings (SSSR count). The van der Waals surface area contributed by atoms with E-state index in [9.17, 15) is 4.79 Å². The maximum absolute atomic E-state index is 12.1. The largest absolute Gasteiger partial charge is 0.435 e. The molecule has 0 amide bonds. The fourth-order valence-corrected chi connectivity index (χ4v) is 4.06. The van der Waals surface area contributed by atoms with Crippen molar-refractivity contribution in [1.29, 1.82) is 0 Å². The zero-order chi connectivity index (χ0) is 14.4. The van der Waals surface area contributed by atoms with Crippen LogP contribution >= 0.6 is 0 Å². The van der Waals surface area contributed by atoms with Crippen LogP contribution in [0.5, 0.6) is 0 Å². The standard InChI is InChI=1S/C16H28O3/c1-9(2)18-15-16(6)12(5)10(3)7-8-13(16)11(4)14(17)19-15/h9-13,15H,7-8H2,1-6H3/t10-,11?,12?,13+,15?,16?/m1/s1. The molecule has 2 aliphatic rings. The first-order valence-electron chi connectivity index (χ1n) is 7.64. The third-order valence-electron chi connectivity index (χ3n) is 5.67. The summed E-state index contributed by atoms with van der Waals surface area (Å²) in [5.74, 6) is 1.44. The number of hydrogen-bond donors (Lipinski definition) is 0. The topological polar surface area (TPSA) is 35.5 Å². The van der Waals surface area contributed by atoms with Crippen LogP contribution in [-0.4, -0.2) is 18.4 Å². The molecular weight excluding hydrogens is 240 g/mol. The van der Waals surface area contributed by atoms with Gasteiger partial charge in [0.2, 0.25) is 6.29 Å². The van der Waals surface area contributed by atoms with E-state index in [0.29, 0.717) is 17.8 Å². The van der Waals surface area contributed by atoms with Crippen molar-refractivity contribution < 1.29 is 14.3 Å². The molecule has 0 N–H and O–H groups in total. The van der Waals surface area contributed by atoms with Gasteiger partial charge in [-0.05, 0) is 38.0 Å². The Balaban J connectivity index is 2.35. The van der Waals surface area contributed by atoms with Crippen molar-refractivity contribution in [3.8, 4) is 0 Å². The predicted molar refractivity (Wildman–Crippen MR) is 74.4 cm³/mol. The first-order chi connectivity index (χ1) is 8.78. The van der Waals surface area contributed by atoms with E-state index in [1.165, 1.54) is 6.42 Å². The number of carbonyl (C=O) groups is 1. The molecule has 4 unspecified atom stereocenters. The molecule has 0 bridgehead atoms. The molecule has 0 spiro atoms. The summed E-state index contributed by atoms with van der Waals surface area (Å²) in [6.07, 6.45) is 2.00. The number of rotatable bonds is 2. The SMILES string of the molecule is CC(C)OC1OC(=O)C(C)[C@@H]2CC[C@@H](C)C(C)C12C. The van der Waals surface area contributed by atoms with Crippen molar-refractivity contribution in [3.05, 3.63) is 0 Å². The van der Waals surface area contributed by atoms with Gasteiger partial charge in [-0.2, -0.15) is 0 Å². The number of carbonyl (C=O) groups excluding carboxylic acids is 1. The van der Waals surface area contributed by atoms with Crippen LogP contribution in [0, 0.1) is 29.1 Å². The van der Waals surface area contributed by atoms with Gasteiger partial charge >= 0.3 is 5.97 Å². The average molecular weight is 268 g/mol. The normalized spacial score (nSPS) is 46.9. The quantitative estimate of drug-likeness (QED) is 0.718. The molecule has 1 aliphatic heterocycles. The Labute approximate surface area is 117 Å². The average Bonchev–Trinajstić information content (AvgIpc) is 2.32. The fraction of sp³-hybridized carbons (Fsp3) is 0.938. The van der Waals surface area contributed by atoms with Crippen molar-refractivity contribution >= 4 is 5.97 Å². The molecule has 3 heteroatoms. The first-order valence-corrected chi connectivity index (χ1v) is 7.64. The number of fused-ring (bicyclic) bond motifs is 1. The van der Waals surface area contributed by atoms with Crippen molar-refractivity contribution in [1.82, 2.24) is 0 Å². The summed E-state index contributed by atoms with van der Waals surface area (Å²) < 4.78 is 11.6. The fourth-order valence-electron chi connectivity index (χ4n) is 4.06. The van der Waals surface area contributed by atoms with Gasteiger partial charge in [-0.25, -0.2) is 0 Å². The monoisotopic (exact) mass is 268 g/mol. The van der Waals surface area contributed by atoms with Crippen LogP contribution in [0.15, 0.2) is 0 Å². The van der Waals surface area contributed by atoms with Crippen molar-refractivity contribution in [2.24, 2.45) is 29.1 Å². The van der Waals surface area contributed by atoms with Gasteiger partial charge in [-0.15, -0.1) is 0 Å². The van der Waals surface area contributed by atoms with Crippen LogP contribution in [0.3, 0.4) is 0 Å². The van der Waals surface area contributed by atoms with Crippen LogP contribution in [0.25, 0.3) is 0 Å². The highest BCUT2D eigenvalue weighted by Crippen LogP contribution is 2.56. The van der Waals surface area contributed by atoms with Gasteiger partial charge in [0.25, 0.3) is 0 Å². The van der Waals surface area contributed by atoms with E-state index in [1.54, 1.807) is 0 Å². The maximum atomic E-state index is 12.1. The lowest BCUT2D eigenvalue weighted by molar-refractivity contribution is -0.279. The van der Waals surface area contributed by atoms with Gasteiger partial charge in [0.1, 0.15) is 0 Å². The van der Waals surface area contributed by atoms with E-state index < -0.39 is 0 Å². The van der Waals surface area contributed by atoms with E-state index in [1.807, 2.05) is 20.8 Å². The zero-order valence-electron chi connectivity index (χ0n) is 13.1. The molecule has 1 heterocycles. The van der Waals surface area contributed by atoms with Gasteiger partial charge < -0.3 is 9.47 Å². The molecule has 0 radical (unpaired) electrons. The summed E-state index contributed by atoms with van der Waals surface area (Å²) >= 11 is 0. The van der Waals surface area contributed by atoms with Crippen LogP contribution in [0.2, 0.25) is 0 Å². The molecule has 0 aromatic heterocycles. The van der Waals surface area contributed by atoms with Gasteiger partial charge in [-0.3, -0.25) is 4.79 Å². The Bertz CT molecular complexity index is 352. The van der Waals surface area contributed by atoms with Crippen LogP contribution in [0.1, 0.15) is 54.4 Å². The highest BCUT2D eigenvalue weighted by atomic mass is 16.7. The summed E-state index contributed by atoms with van der Waals surface area (Å²) in [6, 6.07) is 0. The third kappa shape index (κ3) is 2.31. The van der Waals surface area contributed by atoms with Crippen molar-refractivity contribution in [3.63, 3.8) is 0 Å². The second-order valence-corrected chi connectivity index (χ2v) is 7.06. The van der Waals surface area contributed by atoms with Crippen LogP contribution in [0.4, 0.5) is 0 Å². The second-order valence-electron chi connectivity index (χ2n) is 7.06. The summed E-state index contributed by atoms with van der Waals surface area (Å²) in [4.78, 5) is 12.1. The predicted octanol–water partition coefficient (Wildman–Crippen LogP) is 3.62. The summed E-state index contributed by atoms with van der Waals surface area (Å²) in [6.45, 7) is 12.9. The lowest BCUT2D eigenvalue weighted by Gasteiger charge is -2.56. The Morgan fingerprint density at radius 1 is 1.26 bits per heavy atom. The third-order valence-corrected chi connectivity index (χ3v) is 5.67. The van der Waals surface area contributed by atoms with E-state index in [0.717, 1.165) is 6.42 Å². The second kappa shape index (κ2) is 5.08. The lowest BCUT2D eigenvalue weighted by atomic mass is 9.54. The van der Waals surface area contributed by atoms with Gasteiger partial charge in [0, 0.05) is 5.41 Å². The van der Waals surface area contributed by atoms with Crippen LogP contribution in [-0.2, 0) is 14.3 Å². The molecule has 6 atom stereocenters. The lowest BCUT2D eigenvalue weighted by Crippen LogP contribution is -2.59. The molecule has 1 saturated heterocycles. The molecule has 19 heavy (non-hydrogen) atoms. The Morgan fingerprint density at radius 3 is 2.47 bits per heavy atom. The molecule has 0 aromatic carbocycles. The summed E-state index contributed by atoms with van der Waals surface area (Å²) in [7, 11) is 0. The molecule has 1 aliphatic carbocycles. The minimum Gasteiger partial charge on any atom is -0.435 e. The summed E-state index contributed by atoms with van der Waals surface area (Å²) in [5, 5.41) is 0. The summed E-state index contributed by atoms with van der Waals surface area (Å²) in [5.41, 5.74) is -0.0603. The Kier molecular flexibility index (Phi) is 3.97. The maximum Gasteiger partial charge on any atom is 0.311 e. The highest BCUT2D eigenvalue weighted by Gasteiger charge is 2.58. The van der Waals surface area contributed by atoms with Crippen LogP contribution < -0.4 is 0 Å². The number of hydrogen-bond acceptors (Lipinski definition) is 3. The van der Waals surface area contributed by atoms with E-state index in [-0.39, 0.29) is 29.7 Å². The number of ether oxygens (including phenoxy) is 2. The zero-order valence-corrected chi connectivity index (χ0v) is 13.1. The molecule has 0 aromatic rings. The number of cyclic esters (lactones) is 1. The minimum absolute atomic E-state index is 0.00744. The van der Waals surface area contributed by atoms with Gasteiger partial charge in [0.05, 0.1) is 12.0 Å². The molecule has 110 valence electrons. The molecule has 3 nitrogen and oxygen atoms in total. The first kappa shape index (κ1) is 14.8. The van der Waals surface area contributed by atoms with Crippen molar-refractivity contribution in [2.75, 3.05) is 0 Å². The van der Waals surface area contributed by atoms with E-state index >= 15 is 0 Å². The Hall–Kier alpha value is -0.570. The minimum atomic E-state index is -0.390. The van der Waals surface area contributed by atoms with E-state index in [2.05, 4.69) is 20.8 Å². The van der Waals surface area contributed by atoms with E-state index in [4.69, 9.17) is 9.47 Å². The molecule has 2 fully saturated rings.